The van der Waals surface area contributed by atoms with Gasteiger partial charge >= 0.3 is 41.5 Å². The first-order chi connectivity index (χ1) is 13.5. The molecule has 0 N–H and O–H groups in total. The van der Waals surface area contributed by atoms with Crippen molar-refractivity contribution in [2.45, 2.75) is 11.8 Å². The monoisotopic (exact) mass is 420 g/mol. The van der Waals surface area contributed by atoms with Gasteiger partial charge in [-0.2, -0.15) is 0 Å². The summed E-state index contributed by atoms with van der Waals surface area (Å²) in [5.74, 6) is -1.42. The second-order valence-electron chi connectivity index (χ2n) is 5.52. The van der Waals surface area contributed by atoms with Crippen molar-refractivity contribution in [1.29, 1.82) is 0 Å². The maximum Gasteiger partial charge on any atom is 1.00 e. The smallest absolute Gasteiger partial charge is 0.768 e. The van der Waals surface area contributed by atoms with E-state index >= 15 is 0 Å². The summed E-state index contributed by atoms with van der Waals surface area (Å²) in [6, 6.07) is 23.3. The first-order valence-corrected chi connectivity index (χ1v) is 9.24. The van der Waals surface area contributed by atoms with E-state index in [9.17, 15) is 18.4 Å². The van der Waals surface area contributed by atoms with Crippen LogP contribution in [0.15, 0.2) is 89.8 Å². The van der Waals surface area contributed by atoms with Gasteiger partial charge in [0.2, 0.25) is 0 Å². The molecule has 3 aromatic rings. The molecule has 144 valence electrons. The molecule has 0 bridgehead atoms. The Hall–Kier alpha value is -2.29. The van der Waals surface area contributed by atoms with Crippen molar-refractivity contribution in [2.24, 2.45) is 0 Å². The van der Waals surface area contributed by atoms with Gasteiger partial charge in [0.05, 0.1) is 11.1 Å². The molecule has 3 aromatic carbocycles. The normalized spacial score (nSPS) is 10.4. The Balaban J connectivity index is 0.000000327. The quantitative estimate of drug-likeness (QED) is 0.270. The molecule has 0 spiro atoms. The third-order valence-electron chi connectivity index (χ3n) is 3.43. The van der Waals surface area contributed by atoms with Crippen LogP contribution in [0.5, 0.6) is 0 Å². The zero-order valence-corrected chi connectivity index (χ0v) is 18.8. The van der Waals surface area contributed by atoms with Crippen molar-refractivity contribution < 1.29 is 57.7 Å². The largest absolute Gasteiger partial charge is 1.00 e. The van der Waals surface area contributed by atoms with E-state index < -0.39 is 23.0 Å². The van der Waals surface area contributed by atoms with Crippen LogP contribution in [0.4, 0.5) is 0 Å². The fraction of sp³-hybridized carbons (Fsp3) is 0.0476. The Morgan fingerprint density at radius 1 is 0.724 bits per heavy atom. The number of aryl methyl sites for hydroxylation is 1. The van der Waals surface area contributed by atoms with E-state index in [-0.39, 0.29) is 29.6 Å². The predicted molar refractivity (Wildman–Crippen MR) is 102 cm³/mol. The SMILES string of the molecule is Cc1ccc(S(=O)[O-])cc1.O=C(OOC(=O)c1ccccc1)c1ccccc1.[Na+]. The summed E-state index contributed by atoms with van der Waals surface area (Å²) in [6.07, 6.45) is 0. The van der Waals surface area contributed by atoms with Crippen molar-refractivity contribution in [3.05, 3.63) is 102 Å². The van der Waals surface area contributed by atoms with Gasteiger partial charge in [-0.25, -0.2) is 19.4 Å². The molecule has 0 aliphatic heterocycles. The standard InChI is InChI=1S/C14H10O4.C7H8O2S.Na/c15-13(11-7-3-1-4-8-11)17-18-14(16)12-9-5-2-6-10-12;1-6-2-4-7(5-3-6)10(8)9;/h1-10H;2-5H,1H3,(H,8,9);/q;;+1/p-1. The number of carbonyl (C=O) groups is 2. The molecule has 1 atom stereocenters. The van der Waals surface area contributed by atoms with Crippen molar-refractivity contribution in [3.63, 3.8) is 0 Å². The van der Waals surface area contributed by atoms with E-state index in [1.54, 1.807) is 84.9 Å². The molecular weight excluding hydrogens is 403 g/mol. The summed E-state index contributed by atoms with van der Waals surface area (Å²) in [7, 11) is 0. The van der Waals surface area contributed by atoms with Crippen LogP contribution in [0.25, 0.3) is 0 Å². The summed E-state index contributed by atoms with van der Waals surface area (Å²) in [5, 5.41) is 0. The molecule has 0 radical (unpaired) electrons. The minimum atomic E-state index is -2.09. The summed E-state index contributed by atoms with van der Waals surface area (Å²) >= 11 is -2.09. The number of rotatable bonds is 3. The van der Waals surface area contributed by atoms with E-state index in [1.165, 1.54) is 0 Å². The molecule has 6 nitrogen and oxygen atoms in total. The summed E-state index contributed by atoms with van der Waals surface area (Å²) in [6.45, 7) is 1.91. The van der Waals surface area contributed by atoms with E-state index in [2.05, 4.69) is 9.78 Å². The van der Waals surface area contributed by atoms with E-state index in [0.717, 1.165) is 5.56 Å². The second-order valence-corrected chi connectivity index (χ2v) is 6.46. The van der Waals surface area contributed by atoms with Crippen LogP contribution >= 0.6 is 0 Å². The van der Waals surface area contributed by atoms with Gasteiger partial charge < -0.3 is 4.55 Å². The summed E-state index contributed by atoms with van der Waals surface area (Å²) in [5.41, 5.74) is 1.70. The first-order valence-electron chi connectivity index (χ1n) is 8.16. The van der Waals surface area contributed by atoms with E-state index in [4.69, 9.17) is 0 Å². The van der Waals surface area contributed by atoms with Gasteiger partial charge in [0.1, 0.15) is 0 Å². The molecule has 0 aliphatic rings. The van der Waals surface area contributed by atoms with Gasteiger partial charge in [-0.15, -0.1) is 0 Å². The van der Waals surface area contributed by atoms with Gasteiger partial charge in [-0.1, -0.05) is 54.1 Å². The van der Waals surface area contributed by atoms with Crippen molar-refractivity contribution in [3.8, 4) is 0 Å². The Bertz CT molecular complexity index is 879. The van der Waals surface area contributed by atoms with E-state index in [1.807, 2.05) is 6.92 Å². The molecule has 3 rings (SSSR count). The zero-order valence-electron chi connectivity index (χ0n) is 15.9. The zero-order chi connectivity index (χ0) is 20.4. The Labute approximate surface area is 193 Å². The predicted octanol–water partition coefficient (Wildman–Crippen LogP) is 0.852. The van der Waals surface area contributed by atoms with Crippen LogP contribution in [0, 0.1) is 6.92 Å². The summed E-state index contributed by atoms with van der Waals surface area (Å²) in [4.78, 5) is 32.2. The van der Waals surface area contributed by atoms with Crippen molar-refractivity contribution >= 4 is 23.0 Å². The minimum Gasteiger partial charge on any atom is -0.768 e. The molecule has 0 aromatic heterocycles. The molecule has 8 heteroatoms. The van der Waals surface area contributed by atoms with Crippen LogP contribution < -0.4 is 29.6 Å². The number of carbonyl (C=O) groups excluding carboxylic acids is 2. The minimum absolute atomic E-state index is 0. The average Bonchev–Trinajstić information content (AvgIpc) is 2.74. The Morgan fingerprint density at radius 3 is 1.45 bits per heavy atom. The molecule has 0 fully saturated rings. The van der Waals surface area contributed by atoms with Crippen molar-refractivity contribution in [1.82, 2.24) is 0 Å². The third kappa shape index (κ3) is 8.72. The molecule has 29 heavy (non-hydrogen) atoms. The van der Waals surface area contributed by atoms with Crippen LogP contribution in [0.3, 0.4) is 0 Å². The Kier molecular flexibility index (Phi) is 11.1. The number of hydrogen-bond acceptors (Lipinski definition) is 6. The maximum absolute atomic E-state index is 11.5. The Morgan fingerprint density at radius 2 is 1.10 bits per heavy atom. The topological polar surface area (TPSA) is 92.7 Å². The van der Waals surface area contributed by atoms with Gasteiger partial charge in [0.15, 0.2) is 0 Å². The molecule has 1 unspecified atom stereocenters. The average molecular weight is 420 g/mol. The van der Waals surface area contributed by atoms with Crippen LogP contribution in [0.1, 0.15) is 26.3 Å². The molecule has 0 aliphatic carbocycles. The molecule has 0 heterocycles. The van der Waals surface area contributed by atoms with Gasteiger partial charge in [0, 0.05) is 4.90 Å². The first kappa shape index (κ1) is 24.7. The van der Waals surface area contributed by atoms with Gasteiger partial charge in [-0.3, -0.25) is 4.21 Å². The third-order valence-corrected chi connectivity index (χ3v) is 4.08. The maximum atomic E-state index is 11.5. The number of hydrogen-bond donors (Lipinski definition) is 0. The second kappa shape index (κ2) is 13.0. The molecule has 0 saturated carbocycles. The van der Waals surface area contributed by atoms with Gasteiger partial charge in [0.25, 0.3) is 0 Å². The van der Waals surface area contributed by atoms with Crippen LogP contribution in [0.2, 0.25) is 0 Å². The van der Waals surface area contributed by atoms with Crippen molar-refractivity contribution in [2.75, 3.05) is 0 Å². The van der Waals surface area contributed by atoms with Gasteiger partial charge in [-0.05, 0) is 54.4 Å². The fourth-order valence-electron chi connectivity index (χ4n) is 1.97. The van der Waals surface area contributed by atoms with E-state index in [0.29, 0.717) is 16.0 Å². The van der Waals surface area contributed by atoms with Crippen LogP contribution in [-0.2, 0) is 20.9 Å². The molecule has 0 amide bonds. The molecule has 0 saturated heterocycles. The fourth-order valence-corrected chi connectivity index (χ4v) is 2.33. The molecular formula is C21H17NaO6S. The summed E-state index contributed by atoms with van der Waals surface area (Å²) < 4.78 is 20.6. The number of benzene rings is 3. The van der Waals surface area contributed by atoms with Crippen LogP contribution in [-0.4, -0.2) is 20.7 Å².